The summed E-state index contributed by atoms with van der Waals surface area (Å²) < 4.78 is 0. The van der Waals surface area contributed by atoms with Gasteiger partial charge in [-0.05, 0) is 12.0 Å². The number of nitriles is 1. The summed E-state index contributed by atoms with van der Waals surface area (Å²) >= 11 is 0. The van der Waals surface area contributed by atoms with Crippen molar-refractivity contribution < 1.29 is 5.11 Å². The van der Waals surface area contributed by atoms with Crippen molar-refractivity contribution in [3.8, 4) is 6.07 Å². The van der Waals surface area contributed by atoms with Gasteiger partial charge in [-0.15, -0.1) is 0 Å². The van der Waals surface area contributed by atoms with Crippen LogP contribution in [0, 0.1) is 11.3 Å². The van der Waals surface area contributed by atoms with Gasteiger partial charge in [-0.2, -0.15) is 5.26 Å². The lowest BCUT2D eigenvalue weighted by Gasteiger charge is -2.17. The maximum absolute atomic E-state index is 9.74. The van der Waals surface area contributed by atoms with Crippen molar-refractivity contribution >= 4 is 0 Å². The van der Waals surface area contributed by atoms with E-state index in [-0.39, 0.29) is 0 Å². The van der Waals surface area contributed by atoms with Crippen molar-refractivity contribution in [3.63, 3.8) is 0 Å². The topological polar surface area (TPSA) is 44.0 Å². The average molecular weight is 161 g/mol. The highest BCUT2D eigenvalue weighted by Gasteiger charge is 2.25. The van der Waals surface area contributed by atoms with Gasteiger partial charge in [-0.1, -0.05) is 37.3 Å². The summed E-state index contributed by atoms with van der Waals surface area (Å²) in [5.74, 6) is 0. The first-order valence-electron chi connectivity index (χ1n) is 3.92. The highest BCUT2D eigenvalue weighted by Crippen LogP contribution is 2.22. The molecule has 1 N–H and O–H groups in total. The van der Waals surface area contributed by atoms with Crippen molar-refractivity contribution in [3.05, 3.63) is 35.9 Å². The number of hydrogen-bond donors (Lipinski definition) is 1. The predicted octanol–water partition coefficient (Wildman–Crippen LogP) is 1.81. The predicted molar refractivity (Wildman–Crippen MR) is 46.2 cm³/mol. The molecule has 2 heteroatoms. The molecule has 0 saturated carbocycles. The normalized spacial score (nSPS) is 14.8. The van der Waals surface area contributed by atoms with Crippen LogP contribution in [-0.2, 0) is 5.60 Å². The molecule has 1 unspecified atom stereocenters. The fraction of sp³-hybridized carbons (Fsp3) is 0.300. The Morgan fingerprint density at radius 2 is 2.00 bits per heavy atom. The van der Waals surface area contributed by atoms with Crippen LogP contribution in [0.4, 0.5) is 0 Å². The minimum atomic E-state index is -1.32. The van der Waals surface area contributed by atoms with E-state index in [2.05, 4.69) is 0 Å². The molecule has 0 saturated heterocycles. The Hall–Kier alpha value is -1.33. The van der Waals surface area contributed by atoms with E-state index in [9.17, 15) is 5.11 Å². The lowest BCUT2D eigenvalue weighted by Crippen LogP contribution is -2.21. The molecule has 0 aromatic heterocycles. The molecule has 1 aromatic rings. The van der Waals surface area contributed by atoms with Crippen LogP contribution in [-0.4, -0.2) is 5.11 Å². The zero-order chi connectivity index (χ0) is 9.03. The number of aliphatic hydroxyl groups is 1. The molecule has 1 aromatic carbocycles. The monoisotopic (exact) mass is 161 g/mol. The number of nitrogens with zero attached hydrogens (tertiary/aromatic N) is 1. The molecule has 12 heavy (non-hydrogen) atoms. The quantitative estimate of drug-likeness (QED) is 0.672. The van der Waals surface area contributed by atoms with E-state index >= 15 is 0 Å². The van der Waals surface area contributed by atoms with Gasteiger partial charge in [-0.25, -0.2) is 0 Å². The van der Waals surface area contributed by atoms with Gasteiger partial charge in [0.2, 0.25) is 0 Å². The van der Waals surface area contributed by atoms with Crippen molar-refractivity contribution in [1.29, 1.82) is 5.26 Å². The Morgan fingerprint density at radius 3 is 2.42 bits per heavy atom. The first-order chi connectivity index (χ1) is 5.73. The third kappa shape index (κ3) is 1.46. The molecule has 1 atom stereocenters. The Kier molecular flexibility index (Phi) is 2.47. The smallest absolute Gasteiger partial charge is 0.176 e. The van der Waals surface area contributed by atoms with Crippen molar-refractivity contribution in [2.75, 3.05) is 0 Å². The molecule has 0 fully saturated rings. The fourth-order valence-electron chi connectivity index (χ4n) is 1.06. The Balaban J connectivity index is 3.06. The molecule has 0 aliphatic carbocycles. The van der Waals surface area contributed by atoms with Gasteiger partial charge in [-0.3, -0.25) is 0 Å². The number of hydrogen-bond acceptors (Lipinski definition) is 2. The first kappa shape index (κ1) is 8.76. The molecule has 0 heterocycles. The summed E-state index contributed by atoms with van der Waals surface area (Å²) in [6.07, 6.45) is 0.410. The summed E-state index contributed by atoms with van der Waals surface area (Å²) in [6.45, 7) is 1.79. The standard InChI is InChI=1S/C10H11NO/c1-2-10(12,8-11)9-6-4-3-5-7-9/h3-7,12H,2H2,1H3. The third-order valence-electron chi connectivity index (χ3n) is 1.95. The van der Waals surface area contributed by atoms with Crippen LogP contribution in [0.3, 0.4) is 0 Å². The second-order valence-electron chi connectivity index (χ2n) is 2.69. The van der Waals surface area contributed by atoms with Crippen LogP contribution in [0.5, 0.6) is 0 Å². The molecule has 0 amide bonds. The van der Waals surface area contributed by atoms with Crippen LogP contribution in [0.15, 0.2) is 30.3 Å². The largest absolute Gasteiger partial charge is 0.371 e. The summed E-state index contributed by atoms with van der Waals surface area (Å²) in [7, 11) is 0. The zero-order valence-electron chi connectivity index (χ0n) is 6.99. The minimum absolute atomic E-state index is 0.410. The second-order valence-corrected chi connectivity index (χ2v) is 2.69. The molecule has 0 radical (unpaired) electrons. The first-order valence-corrected chi connectivity index (χ1v) is 3.92. The van der Waals surface area contributed by atoms with Gasteiger partial charge < -0.3 is 5.11 Å². The minimum Gasteiger partial charge on any atom is -0.371 e. The van der Waals surface area contributed by atoms with Gasteiger partial charge in [0.05, 0.1) is 0 Å². The van der Waals surface area contributed by atoms with Gasteiger partial charge in [0.15, 0.2) is 5.60 Å². The van der Waals surface area contributed by atoms with Crippen LogP contribution in [0.1, 0.15) is 18.9 Å². The van der Waals surface area contributed by atoms with Crippen LogP contribution in [0.25, 0.3) is 0 Å². The van der Waals surface area contributed by atoms with E-state index in [1.165, 1.54) is 0 Å². The Bertz CT molecular complexity index is 288. The van der Waals surface area contributed by atoms with E-state index in [0.717, 1.165) is 0 Å². The Morgan fingerprint density at radius 1 is 1.42 bits per heavy atom. The molecule has 62 valence electrons. The maximum Gasteiger partial charge on any atom is 0.176 e. The van der Waals surface area contributed by atoms with Gasteiger partial charge >= 0.3 is 0 Å². The summed E-state index contributed by atoms with van der Waals surface area (Å²) in [5.41, 5.74) is -0.656. The van der Waals surface area contributed by atoms with Crippen LogP contribution < -0.4 is 0 Å². The van der Waals surface area contributed by atoms with E-state index in [1.54, 1.807) is 19.1 Å². The van der Waals surface area contributed by atoms with Gasteiger partial charge in [0.25, 0.3) is 0 Å². The summed E-state index contributed by atoms with van der Waals surface area (Å²) in [5, 5.41) is 18.5. The highest BCUT2D eigenvalue weighted by molar-refractivity contribution is 5.27. The number of benzene rings is 1. The zero-order valence-corrected chi connectivity index (χ0v) is 6.99. The molecule has 2 nitrogen and oxygen atoms in total. The van der Waals surface area contributed by atoms with E-state index in [0.29, 0.717) is 12.0 Å². The lowest BCUT2D eigenvalue weighted by molar-refractivity contribution is 0.0935. The number of rotatable bonds is 2. The Labute approximate surface area is 72.1 Å². The molecule has 1 rings (SSSR count). The third-order valence-corrected chi connectivity index (χ3v) is 1.95. The molecular weight excluding hydrogens is 150 g/mol. The van der Waals surface area contributed by atoms with Crippen LogP contribution >= 0.6 is 0 Å². The van der Waals surface area contributed by atoms with E-state index in [1.807, 2.05) is 24.3 Å². The maximum atomic E-state index is 9.74. The lowest BCUT2D eigenvalue weighted by atomic mass is 9.93. The summed E-state index contributed by atoms with van der Waals surface area (Å²) in [6, 6.07) is 10.9. The van der Waals surface area contributed by atoms with Crippen molar-refractivity contribution in [2.24, 2.45) is 0 Å². The van der Waals surface area contributed by atoms with Crippen molar-refractivity contribution in [1.82, 2.24) is 0 Å². The van der Waals surface area contributed by atoms with Crippen LogP contribution in [0.2, 0.25) is 0 Å². The molecule has 0 spiro atoms. The molecule has 0 bridgehead atoms. The van der Waals surface area contributed by atoms with E-state index < -0.39 is 5.60 Å². The fourth-order valence-corrected chi connectivity index (χ4v) is 1.06. The van der Waals surface area contributed by atoms with Crippen molar-refractivity contribution in [2.45, 2.75) is 18.9 Å². The molecular formula is C10H11NO. The average Bonchev–Trinajstić information content (AvgIpc) is 2.18. The highest BCUT2D eigenvalue weighted by atomic mass is 16.3. The molecule has 0 aliphatic heterocycles. The van der Waals surface area contributed by atoms with Gasteiger partial charge in [0.1, 0.15) is 6.07 Å². The second kappa shape index (κ2) is 3.38. The van der Waals surface area contributed by atoms with E-state index in [4.69, 9.17) is 5.26 Å². The molecule has 0 aliphatic rings. The SMILES string of the molecule is CCC(O)(C#N)c1ccccc1. The van der Waals surface area contributed by atoms with Gasteiger partial charge in [0, 0.05) is 0 Å². The summed E-state index contributed by atoms with van der Waals surface area (Å²) in [4.78, 5) is 0.